The molecule has 0 saturated carbocycles. The van der Waals surface area contributed by atoms with Crippen molar-refractivity contribution >= 4 is 23.7 Å². The first-order valence-corrected chi connectivity index (χ1v) is 7.07. The van der Waals surface area contributed by atoms with Crippen LogP contribution in [0.3, 0.4) is 0 Å². The van der Waals surface area contributed by atoms with E-state index in [-0.39, 0.29) is 11.7 Å². The Morgan fingerprint density at radius 1 is 1.17 bits per heavy atom. The number of ether oxygens (including phenoxy) is 1. The average molecular weight is 327 g/mol. The number of carbonyl (C=O) groups excluding carboxylic acids is 2. The molecule has 124 valence electrons. The molecule has 0 aliphatic rings. The summed E-state index contributed by atoms with van der Waals surface area (Å²) in [5.74, 6) is -0.227. The molecule has 2 aromatic rings. The Hall–Kier alpha value is -3.35. The third kappa shape index (κ3) is 4.57. The van der Waals surface area contributed by atoms with Crippen LogP contribution >= 0.6 is 0 Å². The van der Waals surface area contributed by atoms with Crippen molar-refractivity contribution in [2.75, 3.05) is 12.4 Å². The summed E-state index contributed by atoms with van der Waals surface area (Å²) in [5.41, 5.74) is 4.00. The predicted molar refractivity (Wildman–Crippen MR) is 90.5 cm³/mol. The highest BCUT2D eigenvalue weighted by molar-refractivity contribution is 5.96. The first-order valence-electron chi connectivity index (χ1n) is 7.07. The molecule has 24 heavy (non-hydrogen) atoms. The van der Waals surface area contributed by atoms with E-state index < -0.39 is 5.91 Å². The second-order valence-corrected chi connectivity index (χ2v) is 4.89. The van der Waals surface area contributed by atoms with Gasteiger partial charge in [-0.05, 0) is 48.0 Å². The quantitative estimate of drug-likeness (QED) is 0.578. The number of amides is 2. The average Bonchev–Trinajstić information content (AvgIpc) is 2.55. The van der Waals surface area contributed by atoms with E-state index >= 15 is 0 Å². The fourth-order valence-corrected chi connectivity index (χ4v) is 1.93. The minimum atomic E-state index is -0.390. The number of hydrogen-bond acceptors (Lipinski definition) is 5. The number of phenolic OH excluding ortho intramolecular Hbond substituents is 1. The molecule has 2 amide bonds. The SMILES string of the molecule is COc1ccc(C=NNC(=O)c2ccc(NC(C)=O)cc2)cc1O. The van der Waals surface area contributed by atoms with Gasteiger partial charge in [0.1, 0.15) is 0 Å². The van der Waals surface area contributed by atoms with Crippen LogP contribution < -0.4 is 15.5 Å². The molecular weight excluding hydrogens is 310 g/mol. The Bertz CT molecular complexity index is 770. The zero-order valence-electron chi connectivity index (χ0n) is 13.2. The topological polar surface area (TPSA) is 100 Å². The maximum Gasteiger partial charge on any atom is 0.271 e. The van der Waals surface area contributed by atoms with Crippen molar-refractivity contribution in [3.8, 4) is 11.5 Å². The Morgan fingerprint density at radius 3 is 2.46 bits per heavy atom. The summed E-state index contributed by atoms with van der Waals surface area (Å²) in [7, 11) is 1.46. The second-order valence-electron chi connectivity index (χ2n) is 4.89. The van der Waals surface area contributed by atoms with Crippen molar-refractivity contribution in [3.63, 3.8) is 0 Å². The van der Waals surface area contributed by atoms with Gasteiger partial charge in [0.25, 0.3) is 5.91 Å². The molecule has 7 nitrogen and oxygen atoms in total. The number of rotatable bonds is 5. The van der Waals surface area contributed by atoms with Gasteiger partial charge >= 0.3 is 0 Å². The molecule has 0 saturated heterocycles. The van der Waals surface area contributed by atoms with Gasteiger partial charge in [-0.25, -0.2) is 5.43 Å². The van der Waals surface area contributed by atoms with E-state index in [1.54, 1.807) is 36.4 Å². The molecule has 0 aliphatic heterocycles. The number of nitrogens with zero attached hydrogens (tertiary/aromatic N) is 1. The molecular formula is C17H17N3O4. The molecule has 0 heterocycles. The molecule has 7 heteroatoms. The van der Waals surface area contributed by atoms with Crippen LogP contribution in [0.25, 0.3) is 0 Å². The molecule has 0 spiro atoms. The van der Waals surface area contributed by atoms with E-state index in [9.17, 15) is 14.7 Å². The number of hydrazone groups is 1. The molecule has 0 radical (unpaired) electrons. The lowest BCUT2D eigenvalue weighted by atomic mass is 10.2. The summed E-state index contributed by atoms with van der Waals surface area (Å²) >= 11 is 0. The van der Waals surface area contributed by atoms with E-state index in [0.717, 1.165) is 0 Å². The van der Waals surface area contributed by atoms with Gasteiger partial charge in [0.2, 0.25) is 5.91 Å². The third-order valence-corrected chi connectivity index (χ3v) is 3.05. The van der Waals surface area contributed by atoms with E-state index in [1.165, 1.54) is 26.3 Å². The van der Waals surface area contributed by atoms with Crippen molar-refractivity contribution in [3.05, 3.63) is 53.6 Å². The maximum absolute atomic E-state index is 12.0. The highest BCUT2D eigenvalue weighted by atomic mass is 16.5. The molecule has 0 bridgehead atoms. The highest BCUT2D eigenvalue weighted by Crippen LogP contribution is 2.25. The van der Waals surface area contributed by atoms with Gasteiger partial charge in [-0.15, -0.1) is 0 Å². The number of anilines is 1. The van der Waals surface area contributed by atoms with Gasteiger partial charge in [0, 0.05) is 18.2 Å². The number of nitrogens with one attached hydrogen (secondary N) is 2. The maximum atomic E-state index is 12.0. The Kier molecular flexibility index (Phi) is 5.51. The van der Waals surface area contributed by atoms with Crippen molar-refractivity contribution in [2.45, 2.75) is 6.92 Å². The predicted octanol–water partition coefficient (Wildman–Crippen LogP) is 2.12. The molecule has 2 rings (SSSR count). The minimum Gasteiger partial charge on any atom is -0.504 e. The van der Waals surface area contributed by atoms with Gasteiger partial charge in [0.05, 0.1) is 13.3 Å². The van der Waals surface area contributed by atoms with E-state index in [4.69, 9.17) is 4.74 Å². The van der Waals surface area contributed by atoms with Crippen molar-refractivity contribution < 1.29 is 19.4 Å². The van der Waals surface area contributed by atoms with Crippen LogP contribution in [0, 0.1) is 0 Å². The molecule has 0 fully saturated rings. The molecule has 0 aliphatic carbocycles. The van der Waals surface area contributed by atoms with Crippen LogP contribution in [-0.2, 0) is 4.79 Å². The second kappa shape index (κ2) is 7.77. The normalized spacial score (nSPS) is 10.4. The van der Waals surface area contributed by atoms with Crippen molar-refractivity contribution in [1.29, 1.82) is 0 Å². The summed E-state index contributed by atoms with van der Waals surface area (Å²) in [6.45, 7) is 1.41. The number of methoxy groups -OCH3 is 1. The number of aromatic hydroxyl groups is 1. The first-order chi connectivity index (χ1) is 11.5. The Morgan fingerprint density at radius 2 is 1.88 bits per heavy atom. The fraction of sp³-hybridized carbons (Fsp3) is 0.118. The van der Waals surface area contributed by atoms with Gasteiger partial charge in [-0.2, -0.15) is 5.10 Å². The third-order valence-electron chi connectivity index (χ3n) is 3.05. The molecule has 2 aromatic carbocycles. The van der Waals surface area contributed by atoms with Crippen LogP contribution in [0.2, 0.25) is 0 Å². The van der Waals surface area contributed by atoms with Crippen LogP contribution in [-0.4, -0.2) is 30.2 Å². The summed E-state index contributed by atoms with van der Waals surface area (Å²) in [4.78, 5) is 22.9. The summed E-state index contributed by atoms with van der Waals surface area (Å²) in [6, 6.07) is 11.2. The van der Waals surface area contributed by atoms with Gasteiger partial charge in [-0.1, -0.05) is 0 Å². The summed E-state index contributed by atoms with van der Waals surface area (Å²) in [5, 5.41) is 16.1. The number of benzene rings is 2. The lowest BCUT2D eigenvalue weighted by Gasteiger charge is -2.04. The summed E-state index contributed by atoms with van der Waals surface area (Å²) < 4.78 is 4.94. The number of phenols is 1. The lowest BCUT2D eigenvalue weighted by Crippen LogP contribution is -2.17. The largest absolute Gasteiger partial charge is 0.504 e. The van der Waals surface area contributed by atoms with E-state index in [1.807, 2.05) is 0 Å². The standard InChI is InChI=1S/C17H17N3O4/c1-11(21)19-14-6-4-13(5-7-14)17(23)20-18-10-12-3-8-16(24-2)15(22)9-12/h3-10,22H,1-2H3,(H,19,21)(H,20,23). The van der Waals surface area contributed by atoms with Crippen LogP contribution in [0.5, 0.6) is 11.5 Å². The zero-order valence-corrected chi connectivity index (χ0v) is 13.2. The van der Waals surface area contributed by atoms with Crippen LogP contribution in [0.1, 0.15) is 22.8 Å². The highest BCUT2D eigenvalue weighted by Gasteiger charge is 2.05. The van der Waals surface area contributed by atoms with Crippen LogP contribution in [0.4, 0.5) is 5.69 Å². The summed E-state index contributed by atoms with van der Waals surface area (Å²) in [6.07, 6.45) is 1.41. The minimum absolute atomic E-state index is 0.0127. The zero-order chi connectivity index (χ0) is 17.5. The number of carbonyl (C=O) groups is 2. The monoisotopic (exact) mass is 327 g/mol. The van der Waals surface area contributed by atoms with E-state index in [0.29, 0.717) is 22.6 Å². The Balaban J connectivity index is 1.97. The molecule has 0 atom stereocenters. The Labute approximate surface area is 139 Å². The first kappa shape index (κ1) is 17.0. The number of hydrogen-bond donors (Lipinski definition) is 3. The van der Waals surface area contributed by atoms with Crippen molar-refractivity contribution in [2.24, 2.45) is 5.10 Å². The van der Waals surface area contributed by atoms with Gasteiger partial charge in [-0.3, -0.25) is 9.59 Å². The van der Waals surface area contributed by atoms with Crippen molar-refractivity contribution in [1.82, 2.24) is 5.43 Å². The molecule has 0 unspecified atom stereocenters. The lowest BCUT2D eigenvalue weighted by molar-refractivity contribution is -0.114. The van der Waals surface area contributed by atoms with Gasteiger partial charge in [0.15, 0.2) is 11.5 Å². The molecule has 3 N–H and O–H groups in total. The van der Waals surface area contributed by atoms with Gasteiger partial charge < -0.3 is 15.2 Å². The molecule has 0 aromatic heterocycles. The van der Waals surface area contributed by atoms with E-state index in [2.05, 4.69) is 15.8 Å². The fourth-order valence-electron chi connectivity index (χ4n) is 1.93. The van der Waals surface area contributed by atoms with Crippen LogP contribution in [0.15, 0.2) is 47.6 Å². The smallest absolute Gasteiger partial charge is 0.271 e.